The summed E-state index contributed by atoms with van der Waals surface area (Å²) >= 11 is 0. The molecule has 0 aliphatic carbocycles. The third kappa shape index (κ3) is 2.93. The number of amides is 3. The molecule has 27 heavy (non-hydrogen) atoms. The highest BCUT2D eigenvalue weighted by Crippen LogP contribution is 2.38. The molecule has 0 N–H and O–H groups in total. The lowest BCUT2D eigenvalue weighted by Crippen LogP contribution is -2.56. The Kier molecular flexibility index (Phi) is 4.30. The molecule has 0 saturated carbocycles. The number of aryl methyl sites for hydroxylation is 1. The van der Waals surface area contributed by atoms with E-state index in [1.54, 1.807) is 18.3 Å². The van der Waals surface area contributed by atoms with Gasteiger partial charge in [-0.25, -0.2) is 14.8 Å². The zero-order valence-corrected chi connectivity index (χ0v) is 15.6. The first kappa shape index (κ1) is 17.5. The number of hydrogen-bond acceptors (Lipinski definition) is 5. The van der Waals surface area contributed by atoms with Gasteiger partial charge in [-0.2, -0.15) is 0 Å². The molecule has 0 radical (unpaired) electrons. The second-order valence-electron chi connectivity index (χ2n) is 7.25. The van der Waals surface area contributed by atoms with Crippen LogP contribution >= 0.6 is 0 Å². The topological polar surface area (TPSA) is 69.6 Å². The van der Waals surface area contributed by atoms with Crippen molar-refractivity contribution < 1.29 is 9.59 Å². The molecule has 0 unspecified atom stereocenters. The predicted octanol–water partition coefficient (Wildman–Crippen LogP) is 2.22. The standard InChI is InChI=1S/C20H23N5O2/c1-15-12-17(22-14-21-15)24-10-8-20(9-11-24)18(26)23(2)19(27)25(20)13-16-6-4-3-5-7-16/h3-7,12,14H,8-11,13H2,1-2H3. The van der Waals surface area contributed by atoms with Crippen molar-refractivity contribution >= 4 is 17.8 Å². The lowest BCUT2D eigenvalue weighted by Gasteiger charge is -2.42. The smallest absolute Gasteiger partial charge is 0.327 e. The maximum absolute atomic E-state index is 13.0. The molecule has 1 aromatic carbocycles. The van der Waals surface area contributed by atoms with E-state index in [1.165, 1.54) is 4.90 Å². The number of benzene rings is 1. The van der Waals surface area contributed by atoms with Crippen molar-refractivity contribution in [2.45, 2.75) is 31.8 Å². The van der Waals surface area contributed by atoms with Crippen molar-refractivity contribution in [3.63, 3.8) is 0 Å². The molecule has 7 nitrogen and oxygen atoms in total. The first-order valence-corrected chi connectivity index (χ1v) is 9.18. The quantitative estimate of drug-likeness (QED) is 0.780. The van der Waals surface area contributed by atoms with Gasteiger partial charge in [0.25, 0.3) is 5.91 Å². The largest absolute Gasteiger partial charge is 0.356 e. The fourth-order valence-corrected chi connectivity index (χ4v) is 4.07. The summed E-state index contributed by atoms with van der Waals surface area (Å²) in [5, 5.41) is 0. The Bertz CT molecular complexity index is 862. The number of anilines is 1. The van der Waals surface area contributed by atoms with E-state index in [1.807, 2.05) is 43.3 Å². The molecule has 1 spiro atoms. The summed E-state index contributed by atoms with van der Waals surface area (Å²) < 4.78 is 0. The van der Waals surface area contributed by atoms with Crippen molar-refractivity contribution in [2.75, 3.05) is 25.0 Å². The molecule has 0 atom stereocenters. The van der Waals surface area contributed by atoms with E-state index in [0.29, 0.717) is 32.5 Å². The number of aromatic nitrogens is 2. The molecule has 7 heteroatoms. The van der Waals surface area contributed by atoms with Crippen molar-refractivity contribution in [3.05, 3.63) is 54.0 Å². The number of carbonyl (C=O) groups excluding carboxylic acids is 2. The predicted molar refractivity (Wildman–Crippen MR) is 101 cm³/mol. The maximum Gasteiger partial charge on any atom is 0.327 e. The summed E-state index contributed by atoms with van der Waals surface area (Å²) in [5.74, 6) is 0.777. The van der Waals surface area contributed by atoms with Crippen molar-refractivity contribution in [2.24, 2.45) is 0 Å². The Hall–Kier alpha value is -2.96. The molecule has 0 bridgehead atoms. The van der Waals surface area contributed by atoms with E-state index >= 15 is 0 Å². The third-order valence-electron chi connectivity index (χ3n) is 5.62. The summed E-state index contributed by atoms with van der Waals surface area (Å²) in [4.78, 5) is 39.5. The van der Waals surface area contributed by atoms with Crippen LogP contribution in [0.1, 0.15) is 24.1 Å². The minimum Gasteiger partial charge on any atom is -0.356 e. The average molecular weight is 365 g/mol. The molecule has 3 amide bonds. The number of carbonyl (C=O) groups is 2. The van der Waals surface area contributed by atoms with Gasteiger partial charge < -0.3 is 9.80 Å². The minimum atomic E-state index is -0.764. The highest BCUT2D eigenvalue weighted by Gasteiger charge is 2.56. The van der Waals surface area contributed by atoms with Gasteiger partial charge in [-0.1, -0.05) is 30.3 Å². The molecule has 2 fully saturated rings. The lowest BCUT2D eigenvalue weighted by atomic mass is 9.85. The fraction of sp³-hybridized carbons (Fsp3) is 0.400. The highest BCUT2D eigenvalue weighted by atomic mass is 16.2. The van der Waals surface area contributed by atoms with E-state index in [4.69, 9.17) is 0 Å². The molecule has 4 rings (SSSR count). The molecular weight excluding hydrogens is 342 g/mol. The second-order valence-corrected chi connectivity index (χ2v) is 7.25. The van der Waals surface area contributed by atoms with Gasteiger partial charge in [-0.05, 0) is 25.3 Å². The molecule has 2 saturated heterocycles. The van der Waals surface area contributed by atoms with Crippen LogP contribution in [-0.4, -0.2) is 57.4 Å². The van der Waals surface area contributed by atoms with Gasteiger partial charge in [0.15, 0.2) is 0 Å². The summed E-state index contributed by atoms with van der Waals surface area (Å²) in [6, 6.07) is 11.6. The van der Waals surface area contributed by atoms with Gasteiger partial charge in [0.1, 0.15) is 17.7 Å². The second kappa shape index (κ2) is 6.64. The highest BCUT2D eigenvalue weighted by molar-refractivity contribution is 6.06. The molecule has 3 heterocycles. The Balaban J connectivity index is 1.58. The van der Waals surface area contributed by atoms with Crippen LogP contribution in [0.3, 0.4) is 0 Å². The fourth-order valence-electron chi connectivity index (χ4n) is 4.07. The number of likely N-dealkylation sites (N-methyl/N-ethyl adjacent to an activating group) is 1. The van der Waals surface area contributed by atoms with E-state index < -0.39 is 5.54 Å². The van der Waals surface area contributed by atoms with Gasteiger partial charge in [0.05, 0.1) is 0 Å². The van der Waals surface area contributed by atoms with Gasteiger partial charge >= 0.3 is 6.03 Å². The van der Waals surface area contributed by atoms with Crippen LogP contribution in [0.2, 0.25) is 0 Å². The number of urea groups is 1. The van der Waals surface area contributed by atoms with Crippen LogP contribution in [0.5, 0.6) is 0 Å². The molecular formula is C20H23N5O2. The summed E-state index contributed by atoms with van der Waals surface area (Å²) in [5.41, 5.74) is 1.18. The van der Waals surface area contributed by atoms with Crippen LogP contribution in [0, 0.1) is 6.92 Å². The zero-order chi connectivity index (χ0) is 19.0. The minimum absolute atomic E-state index is 0.0954. The van der Waals surface area contributed by atoms with Crippen molar-refractivity contribution in [3.8, 4) is 0 Å². The zero-order valence-electron chi connectivity index (χ0n) is 15.6. The first-order chi connectivity index (χ1) is 13.0. The Morgan fingerprint density at radius 3 is 2.44 bits per heavy atom. The van der Waals surface area contributed by atoms with Crippen LogP contribution in [-0.2, 0) is 11.3 Å². The molecule has 140 valence electrons. The monoisotopic (exact) mass is 365 g/mol. The first-order valence-electron chi connectivity index (χ1n) is 9.18. The summed E-state index contributed by atoms with van der Waals surface area (Å²) in [7, 11) is 1.58. The number of hydrogen-bond donors (Lipinski definition) is 0. The average Bonchev–Trinajstić information content (AvgIpc) is 2.86. The van der Waals surface area contributed by atoms with Gasteiger partial charge in [-0.3, -0.25) is 9.69 Å². The van der Waals surface area contributed by atoms with E-state index in [2.05, 4.69) is 14.9 Å². The maximum atomic E-state index is 13.0. The van der Waals surface area contributed by atoms with E-state index in [9.17, 15) is 9.59 Å². The van der Waals surface area contributed by atoms with Crippen molar-refractivity contribution in [1.29, 1.82) is 0 Å². The lowest BCUT2D eigenvalue weighted by molar-refractivity contribution is -0.133. The molecule has 2 aromatic rings. The Morgan fingerprint density at radius 2 is 1.78 bits per heavy atom. The third-order valence-corrected chi connectivity index (χ3v) is 5.62. The normalized spacial score (nSPS) is 19.3. The molecule has 2 aliphatic rings. The van der Waals surface area contributed by atoms with Crippen LogP contribution < -0.4 is 4.90 Å². The molecule has 1 aromatic heterocycles. The Labute approximate surface area is 158 Å². The number of rotatable bonds is 3. The van der Waals surface area contributed by atoms with Crippen LogP contribution in [0.25, 0.3) is 0 Å². The van der Waals surface area contributed by atoms with Crippen LogP contribution in [0.15, 0.2) is 42.7 Å². The summed E-state index contributed by atoms with van der Waals surface area (Å²) in [6.45, 7) is 3.73. The number of nitrogens with zero attached hydrogens (tertiary/aromatic N) is 5. The van der Waals surface area contributed by atoms with Gasteiger partial charge in [0, 0.05) is 38.4 Å². The van der Waals surface area contributed by atoms with Crippen molar-refractivity contribution in [1.82, 2.24) is 19.8 Å². The number of imide groups is 1. The SMILES string of the molecule is Cc1cc(N2CCC3(CC2)C(=O)N(C)C(=O)N3Cc2ccccc2)ncn1. The number of piperidine rings is 1. The van der Waals surface area contributed by atoms with E-state index in [-0.39, 0.29) is 11.9 Å². The van der Waals surface area contributed by atoms with Gasteiger partial charge in [0.2, 0.25) is 0 Å². The summed E-state index contributed by atoms with van der Waals surface area (Å²) in [6.07, 6.45) is 2.75. The van der Waals surface area contributed by atoms with Gasteiger partial charge in [-0.15, -0.1) is 0 Å². The van der Waals surface area contributed by atoms with E-state index in [0.717, 1.165) is 17.1 Å². The Morgan fingerprint density at radius 1 is 1.07 bits per heavy atom. The molecule has 2 aliphatic heterocycles. The van der Waals surface area contributed by atoms with Crippen LogP contribution in [0.4, 0.5) is 10.6 Å².